The molecule has 1 saturated heterocycles. The zero-order chi connectivity index (χ0) is 16.4. The molecule has 3 aromatic rings. The third-order valence-corrected chi connectivity index (χ3v) is 4.68. The van der Waals surface area contributed by atoms with E-state index < -0.39 is 0 Å². The Labute approximate surface area is 142 Å². The maximum absolute atomic E-state index is 4.85. The molecule has 1 aliphatic rings. The van der Waals surface area contributed by atoms with Crippen molar-refractivity contribution in [3.8, 4) is 11.3 Å². The number of nitrogens with one attached hydrogen (secondary N) is 1. The molecule has 0 atom stereocenters. The maximum Gasteiger partial charge on any atom is 0.136 e. The van der Waals surface area contributed by atoms with Crippen LogP contribution in [0.25, 0.3) is 22.0 Å². The summed E-state index contributed by atoms with van der Waals surface area (Å²) in [6.07, 6.45) is 4.98. The third-order valence-electron chi connectivity index (χ3n) is 4.68. The molecule has 0 aliphatic carbocycles. The molecule has 4 heteroatoms. The lowest BCUT2D eigenvalue weighted by Crippen LogP contribution is -2.28. The minimum Gasteiger partial charge on any atom is -0.355 e. The molecular formula is C20H22N4. The van der Waals surface area contributed by atoms with Crippen LogP contribution >= 0.6 is 0 Å². The van der Waals surface area contributed by atoms with Crippen LogP contribution in [-0.2, 0) is 0 Å². The molecular weight excluding hydrogens is 296 g/mol. The Balaban J connectivity index is 1.91. The van der Waals surface area contributed by atoms with Crippen molar-refractivity contribution < 1.29 is 0 Å². The van der Waals surface area contributed by atoms with E-state index in [4.69, 9.17) is 4.98 Å². The van der Waals surface area contributed by atoms with Gasteiger partial charge in [0, 0.05) is 43.0 Å². The molecule has 1 aromatic carbocycles. The molecule has 1 fully saturated rings. The highest BCUT2D eigenvalue weighted by Gasteiger charge is 2.17. The number of nitrogens with zero attached hydrogens (tertiary/aromatic N) is 3. The molecule has 1 aliphatic heterocycles. The van der Waals surface area contributed by atoms with Crippen molar-refractivity contribution in [1.82, 2.24) is 15.3 Å². The average molecular weight is 318 g/mol. The number of benzene rings is 1. The number of aromatic nitrogens is 2. The Bertz CT molecular complexity index is 837. The van der Waals surface area contributed by atoms with Gasteiger partial charge in [-0.15, -0.1) is 0 Å². The van der Waals surface area contributed by atoms with Crippen LogP contribution in [0.1, 0.15) is 12.0 Å². The Morgan fingerprint density at radius 2 is 1.96 bits per heavy atom. The minimum atomic E-state index is 0.980. The van der Waals surface area contributed by atoms with E-state index in [0.717, 1.165) is 49.7 Å². The normalized spacial score (nSPS) is 15.5. The summed E-state index contributed by atoms with van der Waals surface area (Å²) in [5, 5.41) is 5.95. The molecule has 0 radical (unpaired) electrons. The highest BCUT2D eigenvalue weighted by Crippen LogP contribution is 2.34. The van der Waals surface area contributed by atoms with Gasteiger partial charge < -0.3 is 10.2 Å². The van der Waals surface area contributed by atoms with E-state index in [-0.39, 0.29) is 0 Å². The molecule has 0 bridgehead atoms. The maximum atomic E-state index is 4.85. The van der Waals surface area contributed by atoms with Crippen molar-refractivity contribution in [3.05, 3.63) is 54.4 Å². The number of anilines is 1. The Hall–Kier alpha value is -2.46. The van der Waals surface area contributed by atoms with Crippen LogP contribution < -0.4 is 10.2 Å². The first-order valence-corrected chi connectivity index (χ1v) is 8.60. The summed E-state index contributed by atoms with van der Waals surface area (Å²) in [6.45, 7) is 6.31. The first-order chi connectivity index (χ1) is 11.8. The lowest BCUT2D eigenvalue weighted by molar-refractivity contribution is 0.724. The molecule has 0 amide bonds. The van der Waals surface area contributed by atoms with E-state index in [1.807, 2.05) is 24.5 Å². The SMILES string of the molecule is Cc1cccc2c(N3CCCNCC3)ncc(-c3ccccn3)c12. The summed E-state index contributed by atoms with van der Waals surface area (Å²) < 4.78 is 0. The summed E-state index contributed by atoms with van der Waals surface area (Å²) in [5.41, 5.74) is 3.36. The molecule has 4 rings (SSSR count). The van der Waals surface area contributed by atoms with Crippen molar-refractivity contribution in [2.45, 2.75) is 13.3 Å². The topological polar surface area (TPSA) is 41.0 Å². The highest BCUT2D eigenvalue weighted by atomic mass is 15.2. The fraction of sp³-hybridized carbons (Fsp3) is 0.300. The van der Waals surface area contributed by atoms with Gasteiger partial charge in [-0.25, -0.2) is 4.98 Å². The van der Waals surface area contributed by atoms with Gasteiger partial charge in [0.25, 0.3) is 0 Å². The summed E-state index contributed by atoms with van der Waals surface area (Å²) in [7, 11) is 0. The smallest absolute Gasteiger partial charge is 0.136 e. The van der Waals surface area contributed by atoms with Crippen LogP contribution in [0, 0.1) is 6.92 Å². The molecule has 122 valence electrons. The summed E-state index contributed by atoms with van der Waals surface area (Å²) in [4.78, 5) is 11.8. The van der Waals surface area contributed by atoms with Crippen LogP contribution in [0.5, 0.6) is 0 Å². The predicted octanol–water partition coefficient (Wildman–Crippen LogP) is 3.40. The lowest BCUT2D eigenvalue weighted by atomic mass is 9.99. The molecule has 24 heavy (non-hydrogen) atoms. The van der Waals surface area contributed by atoms with Gasteiger partial charge in [0.15, 0.2) is 0 Å². The first kappa shape index (κ1) is 15.1. The largest absolute Gasteiger partial charge is 0.355 e. The van der Waals surface area contributed by atoms with Gasteiger partial charge in [-0.1, -0.05) is 24.3 Å². The van der Waals surface area contributed by atoms with Gasteiger partial charge >= 0.3 is 0 Å². The van der Waals surface area contributed by atoms with Crippen LogP contribution in [0.4, 0.5) is 5.82 Å². The van der Waals surface area contributed by atoms with Crippen LogP contribution in [0.15, 0.2) is 48.8 Å². The van der Waals surface area contributed by atoms with Crippen LogP contribution in [0.2, 0.25) is 0 Å². The lowest BCUT2D eigenvalue weighted by Gasteiger charge is -2.24. The molecule has 2 aromatic heterocycles. The van der Waals surface area contributed by atoms with Crippen LogP contribution in [-0.4, -0.2) is 36.1 Å². The molecule has 1 N–H and O–H groups in total. The summed E-state index contributed by atoms with van der Waals surface area (Å²) in [5.74, 6) is 1.09. The van der Waals surface area contributed by atoms with E-state index >= 15 is 0 Å². The van der Waals surface area contributed by atoms with Crippen molar-refractivity contribution in [3.63, 3.8) is 0 Å². The minimum absolute atomic E-state index is 0.980. The number of fused-ring (bicyclic) bond motifs is 1. The van der Waals surface area contributed by atoms with Crippen molar-refractivity contribution in [2.75, 3.05) is 31.1 Å². The fourth-order valence-electron chi connectivity index (χ4n) is 3.50. The van der Waals surface area contributed by atoms with E-state index in [0.29, 0.717) is 0 Å². The number of hydrogen-bond donors (Lipinski definition) is 1. The second-order valence-electron chi connectivity index (χ2n) is 6.30. The van der Waals surface area contributed by atoms with E-state index in [9.17, 15) is 0 Å². The summed E-state index contributed by atoms with van der Waals surface area (Å²) in [6, 6.07) is 12.5. The number of hydrogen-bond acceptors (Lipinski definition) is 4. The Kier molecular flexibility index (Phi) is 4.13. The van der Waals surface area contributed by atoms with Crippen molar-refractivity contribution in [1.29, 1.82) is 0 Å². The van der Waals surface area contributed by atoms with Gasteiger partial charge in [-0.3, -0.25) is 4.98 Å². The Morgan fingerprint density at radius 3 is 2.83 bits per heavy atom. The van der Waals surface area contributed by atoms with E-state index in [2.05, 4.69) is 46.4 Å². The van der Waals surface area contributed by atoms with Crippen LogP contribution in [0.3, 0.4) is 0 Å². The van der Waals surface area contributed by atoms with Gasteiger partial charge in [0.05, 0.1) is 5.69 Å². The van der Waals surface area contributed by atoms with Gasteiger partial charge in [-0.2, -0.15) is 0 Å². The second kappa shape index (κ2) is 6.57. The second-order valence-corrected chi connectivity index (χ2v) is 6.30. The molecule has 3 heterocycles. The molecule has 0 unspecified atom stereocenters. The van der Waals surface area contributed by atoms with Gasteiger partial charge in [0.1, 0.15) is 5.82 Å². The van der Waals surface area contributed by atoms with E-state index in [1.165, 1.54) is 16.3 Å². The number of pyridine rings is 2. The molecule has 4 nitrogen and oxygen atoms in total. The fourth-order valence-corrected chi connectivity index (χ4v) is 3.50. The molecule has 0 saturated carbocycles. The highest BCUT2D eigenvalue weighted by molar-refractivity contribution is 6.03. The monoisotopic (exact) mass is 318 g/mol. The standard InChI is InChI=1S/C20H22N4/c1-15-6-4-7-16-19(15)17(18-8-2-3-10-22-18)14-23-20(16)24-12-5-9-21-11-13-24/h2-4,6-8,10,14,21H,5,9,11-13H2,1H3. The quantitative estimate of drug-likeness (QED) is 0.786. The zero-order valence-corrected chi connectivity index (χ0v) is 14.0. The molecule has 0 spiro atoms. The van der Waals surface area contributed by atoms with Crippen molar-refractivity contribution >= 4 is 16.6 Å². The Morgan fingerprint density at radius 1 is 1.00 bits per heavy atom. The van der Waals surface area contributed by atoms with E-state index in [1.54, 1.807) is 0 Å². The van der Waals surface area contributed by atoms with Gasteiger partial charge in [0.2, 0.25) is 0 Å². The summed E-state index contributed by atoms with van der Waals surface area (Å²) >= 11 is 0. The predicted molar refractivity (Wildman–Crippen MR) is 99.4 cm³/mol. The average Bonchev–Trinajstić information content (AvgIpc) is 2.91. The number of rotatable bonds is 2. The zero-order valence-electron chi connectivity index (χ0n) is 14.0. The number of aryl methyl sites for hydroxylation is 1. The third kappa shape index (κ3) is 2.74. The first-order valence-electron chi connectivity index (χ1n) is 8.60. The van der Waals surface area contributed by atoms with Gasteiger partial charge in [-0.05, 0) is 43.0 Å². The van der Waals surface area contributed by atoms with Crippen molar-refractivity contribution in [2.24, 2.45) is 0 Å².